The summed E-state index contributed by atoms with van der Waals surface area (Å²) in [5.41, 5.74) is 5.54. The number of aliphatic hydroxyl groups is 1. The van der Waals surface area contributed by atoms with Crippen molar-refractivity contribution in [1.29, 1.82) is 0 Å². The molecule has 0 radical (unpaired) electrons. The molecule has 1 rings (SSSR count). The maximum absolute atomic E-state index is 9.09. The molecule has 0 aromatic heterocycles. The van der Waals surface area contributed by atoms with E-state index in [1.807, 2.05) is 6.92 Å². The van der Waals surface area contributed by atoms with Crippen LogP contribution in [0.25, 0.3) is 0 Å². The molecular formula is C14H30N2O. The molecule has 0 saturated heterocycles. The molecule has 17 heavy (non-hydrogen) atoms. The molecule has 1 atom stereocenters. The average molecular weight is 242 g/mol. The van der Waals surface area contributed by atoms with Gasteiger partial charge in [0, 0.05) is 11.6 Å². The van der Waals surface area contributed by atoms with Gasteiger partial charge in [-0.25, -0.2) is 0 Å². The minimum Gasteiger partial charge on any atom is -0.394 e. The molecule has 0 aromatic rings. The summed E-state index contributed by atoms with van der Waals surface area (Å²) >= 11 is 0. The number of hydrogen-bond donors (Lipinski definition) is 2. The molecular weight excluding hydrogens is 212 g/mol. The van der Waals surface area contributed by atoms with Crippen LogP contribution in [0.1, 0.15) is 58.8 Å². The molecule has 0 aromatic carbocycles. The first-order valence-electron chi connectivity index (χ1n) is 7.23. The van der Waals surface area contributed by atoms with E-state index < -0.39 is 0 Å². The summed E-state index contributed by atoms with van der Waals surface area (Å²) in [6.45, 7) is 6.65. The van der Waals surface area contributed by atoms with Crippen LogP contribution in [0.3, 0.4) is 0 Å². The van der Waals surface area contributed by atoms with Crippen molar-refractivity contribution in [2.45, 2.75) is 70.4 Å². The lowest BCUT2D eigenvalue weighted by molar-refractivity contribution is 0.184. The number of aliphatic hydroxyl groups excluding tert-OH is 1. The van der Waals surface area contributed by atoms with E-state index in [1.54, 1.807) is 0 Å². The van der Waals surface area contributed by atoms with Gasteiger partial charge in [0.2, 0.25) is 0 Å². The van der Waals surface area contributed by atoms with Gasteiger partial charge < -0.3 is 15.7 Å². The molecule has 0 spiro atoms. The van der Waals surface area contributed by atoms with Crippen molar-refractivity contribution < 1.29 is 5.11 Å². The van der Waals surface area contributed by atoms with Crippen LogP contribution < -0.4 is 5.73 Å². The van der Waals surface area contributed by atoms with E-state index in [9.17, 15) is 0 Å². The highest BCUT2D eigenvalue weighted by Gasteiger charge is 2.21. The predicted octanol–water partition coefficient (Wildman–Crippen LogP) is 2.13. The highest BCUT2D eigenvalue weighted by Crippen LogP contribution is 2.23. The van der Waals surface area contributed by atoms with Crippen LogP contribution in [0.5, 0.6) is 0 Å². The normalized spacial score (nSPS) is 21.0. The third-order valence-corrected chi connectivity index (χ3v) is 4.05. The maximum Gasteiger partial charge on any atom is 0.0608 e. The first-order chi connectivity index (χ1) is 8.09. The molecule has 0 heterocycles. The van der Waals surface area contributed by atoms with Crippen molar-refractivity contribution in [1.82, 2.24) is 4.90 Å². The van der Waals surface area contributed by atoms with Gasteiger partial charge in [-0.15, -0.1) is 0 Å². The smallest absolute Gasteiger partial charge is 0.0608 e. The first kappa shape index (κ1) is 14.9. The number of hydrogen-bond acceptors (Lipinski definition) is 3. The van der Waals surface area contributed by atoms with Gasteiger partial charge in [0.05, 0.1) is 6.61 Å². The Hall–Kier alpha value is -0.120. The van der Waals surface area contributed by atoms with E-state index in [-0.39, 0.29) is 12.1 Å². The summed E-state index contributed by atoms with van der Waals surface area (Å²) in [5.74, 6) is 0. The summed E-state index contributed by atoms with van der Waals surface area (Å²) in [6, 6.07) is 0.835. The zero-order chi connectivity index (χ0) is 12.7. The Kier molecular flexibility index (Phi) is 6.45. The second-order valence-corrected chi connectivity index (χ2v) is 5.84. The number of unbranched alkanes of at least 4 members (excludes halogenated alkanes) is 1. The van der Waals surface area contributed by atoms with Crippen LogP contribution in [0.2, 0.25) is 0 Å². The SMILES string of the molecule is CCN(CCCCC(C)(N)CO)C1CCCC1. The maximum atomic E-state index is 9.09. The largest absolute Gasteiger partial charge is 0.394 e. The molecule has 3 N–H and O–H groups in total. The Bertz CT molecular complexity index is 200. The second kappa shape index (κ2) is 7.34. The van der Waals surface area contributed by atoms with Gasteiger partial charge >= 0.3 is 0 Å². The topological polar surface area (TPSA) is 49.5 Å². The Morgan fingerprint density at radius 1 is 1.29 bits per heavy atom. The van der Waals surface area contributed by atoms with E-state index in [2.05, 4.69) is 11.8 Å². The number of nitrogens with zero attached hydrogens (tertiary/aromatic N) is 1. The Morgan fingerprint density at radius 3 is 2.47 bits per heavy atom. The summed E-state index contributed by atoms with van der Waals surface area (Å²) in [7, 11) is 0. The molecule has 0 aliphatic heterocycles. The summed E-state index contributed by atoms with van der Waals surface area (Å²) in [6.07, 6.45) is 8.84. The van der Waals surface area contributed by atoms with Crippen LogP contribution in [-0.4, -0.2) is 41.3 Å². The van der Waals surface area contributed by atoms with Gasteiger partial charge in [-0.3, -0.25) is 0 Å². The molecule has 0 amide bonds. The Balaban J connectivity index is 2.15. The van der Waals surface area contributed by atoms with E-state index >= 15 is 0 Å². The number of nitrogens with two attached hydrogens (primary N) is 1. The van der Waals surface area contributed by atoms with E-state index in [0.29, 0.717) is 0 Å². The summed E-state index contributed by atoms with van der Waals surface area (Å²) < 4.78 is 0. The summed E-state index contributed by atoms with van der Waals surface area (Å²) in [5, 5.41) is 9.09. The fraction of sp³-hybridized carbons (Fsp3) is 1.00. The van der Waals surface area contributed by atoms with Gasteiger partial charge in [0.25, 0.3) is 0 Å². The minimum atomic E-state index is -0.385. The average Bonchev–Trinajstić information content (AvgIpc) is 2.83. The highest BCUT2D eigenvalue weighted by atomic mass is 16.3. The van der Waals surface area contributed by atoms with E-state index in [0.717, 1.165) is 18.9 Å². The highest BCUT2D eigenvalue weighted by molar-refractivity contribution is 4.79. The Morgan fingerprint density at radius 2 is 1.94 bits per heavy atom. The molecule has 3 nitrogen and oxygen atoms in total. The van der Waals surface area contributed by atoms with Crippen LogP contribution in [0.4, 0.5) is 0 Å². The third-order valence-electron chi connectivity index (χ3n) is 4.05. The van der Waals surface area contributed by atoms with Gasteiger partial charge in [-0.05, 0) is 45.7 Å². The lowest BCUT2D eigenvalue weighted by Gasteiger charge is -2.28. The lowest BCUT2D eigenvalue weighted by Crippen LogP contribution is -2.40. The molecule has 1 unspecified atom stereocenters. The molecule has 1 aliphatic carbocycles. The monoisotopic (exact) mass is 242 g/mol. The van der Waals surface area contributed by atoms with Gasteiger partial charge in [0.1, 0.15) is 0 Å². The Labute approximate surface area is 106 Å². The van der Waals surface area contributed by atoms with Gasteiger partial charge in [-0.2, -0.15) is 0 Å². The molecule has 1 saturated carbocycles. The quantitative estimate of drug-likeness (QED) is 0.641. The van der Waals surface area contributed by atoms with Crippen LogP contribution in [0.15, 0.2) is 0 Å². The molecule has 102 valence electrons. The molecule has 1 aliphatic rings. The zero-order valence-electron chi connectivity index (χ0n) is 11.6. The van der Waals surface area contributed by atoms with Crippen LogP contribution in [0, 0.1) is 0 Å². The van der Waals surface area contributed by atoms with Crippen molar-refractivity contribution in [3.05, 3.63) is 0 Å². The number of rotatable bonds is 8. The minimum absolute atomic E-state index is 0.0904. The van der Waals surface area contributed by atoms with E-state index in [4.69, 9.17) is 10.8 Å². The third kappa shape index (κ3) is 5.36. The van der Waals surface area contributed by atoms with Crippen molar-refractivity contribution in [2.75, 3.05) is 19.7 Å². The van der Waals surface area contributed by atoms with Gasteiger partial charge in [0.15, 0.2) is 0 Å². The molecule has 3 heteroatoms. The van der Waals surface area contributed by atoms with Crippen molar-refractivity contribution in [2.24, 2.45) is 5.73 Å². The van der Waals surface area contributed by atoms with E-state index in [1.165, 1.54) is 45.2 Å². The fourth-order valence-corrected chi connectivity index (χ4v) is 2.79. The van der Waals surface area contributed by atoms with Crippen molar-refractivity contribution >= 4 is 0 Å². The summed E-state index contributed by atoms with van der Waals surface area (Å²) in [4.78, 5) is 2.62. The second-order valence-electron chi connectivity index (χ2n) is 5.84. The van der Waals surface area contributed by atoms with Crippen LogP contribution >= 0.6 is 0 Å². The first-order valence-corrected chi connectivity index (χ1v) is 7.23. The predicted molar refractivity (Wildman–Crippen MR) is 73.0 cm³/mol. The lowest BCUT2D eigenvalue weighted by atomic mass is 9.97. The van der Waals surface area contributed by atoms with Crippen molar-refractivity contribution in [3.8, 4) is 0 Å². The van der Waals surface area contributed by atoms with Crippen molar-refractivity contribution in [3.63, 3.8) is 0 Å². The van der Waals surface area contributed by atoms with Crippen LogP contribution in [-0.2, 0) is 0 Å². The fourth-order valence-electron chi connectivity index (χ4n) is 2.79. The zero-order valence-corrected chi connectivity index (χ0v) is 11.6. The van der Waals surface area contributed by atoms with Gasteiger partial charge in [-0.1, -0.05) is 26.2 Å². The molecule has 1 fully saturated rings. The standard InChI is InChI=1S/C14H30N2O/c1-3-16(13-8-4-5-9-13)11-7-6-10-14(2,15)12-17/h13,17H,3-12,15H2,1-2H3. The molecule has 0 bridgehead atoms.